The van der Waals surface area contributed by atoms with Gasteiger partial charge in [0, 0.05) is 5.56 Å². The second kappa shape index (κ2) is 6.09. The van der Waals surface area contributed by atoms with Gasteiger partial charge in [0.05, 0.1) is 19.4 Å². The molecule has 22 heavy (non-hydrogen) atoms. The first-order valence-electron chi connectivity index (χ1n) is 6.86. The highest BCUT2D eigenvalue weighted by Gasteiger charge is 2.40. The Balaban J connectivity index is 1.89. The Labute approximate surface area is 125 Å². The number of aliphatic hydroxyl groups is 3. The van der Waals surface area contributed by atoms with Gasteiger partial charge in [0.25, 0.3) is 0 Å². The summed E-state index contributed by atoms with van der Waals surface area (Å²) in [6.07, 6.45) is -1.39. The number of aliphatic hydroxyl groups excluding tert-OH is 3. The fraction of sp³-hybridized carbons (Fsp3) is 0.429. The van der Waals surface area contributed by atoms with Crippen LogP contribution in [0.25, 0.3) is 11.3 Å². The van der Waals surface area contributed by atoms with Crippen molar-refractivity contribution in [3.05, 3.63) is 36.3 Å². The third-order valence-corrected chi connectivity index (χ3v) is 3.72. The Kier molecular flexibility index (Phi) is 4.16. The van der Waals surface area contributed by atoms with Crippen molar-refractivity contribution in [3.8, 4) is 11.3 Å². The van der Waals surface area contributed by atoms with E-state index in [0.717, 1.165) is 0 Å². The number of halogens is 1. The quantitative estimate of drug-likeness (QED) is 0.722. The molecule has 1 aromatic heterocycles. The highest BCUT2D eigenvalue weighted by Crippen LogP contribution is 2.27. The fourth-order valence-corrected chi connectivity index (χ4v) is 2.56. The molecule has 0 radical (unpaired) electrons. The van der Waals surface area contributed by atoms with Crippen LogP contribution in [0.15, 0.2) is 30.5 Å². The monoisotopic (exact) mass is 309 g/mol. The fourth-order valence-electron chi connectivity index (χ4n) is 2.56. The van der Waals surface area contributed by atoms with Gasteiger partial charge in [-0.05, 0) is 12.1 Å². The zero-order valence-corrected chi connectivity index (χ0v) is 11.6. The molecule has 2 heterocycles. The molecule has 1 aliphatic heterocycles. The number of hydrogen-bond donors (Lipinski definition) is 3. The molecule has 3 N–H and O–H groups in total. The molecule has 2 aromatic rings. The van der Waals surface area contributed by atoms with Gasteiger partial charge >= 0.3 is 0 Å². The summed E-state index contributed by atoms with van der Waals surface area (Å²) in [7, 11) is 0. The van der Waals surface area contributed by atoms with Gasteiger partial charge in [0.15, 0.2) is 0 Å². The van der Waals surface area contributed by atoms with Crippen LogP contribution in [0.1, 0.15) is 6.04 Å². The molecule has 7 nitrogen and oxygen atoms in total. The second-order valence-corrected chi connectivity index (χ2v) is 5.20. The first kappa shape index (κ1) is 15.0. The van der Waals surface area contributed by atoms with Gasteiger partial charge < -0.3 is 20.1 Å². The van der Waals surface area contributed by atoms with E-state index >= 15 is 0 Å². The van der Waals surface area contributed by atoms with E-state index in [1.54, 1.807) is 12.1 Å². The first-order valence-corrected chi connectivity index (χ1v) is 6.86. The van der Waals surface area contributed by atoms with Crippen LogP contribution in [0.2, 0.25) is 0 Å². The number of hydrogen-bond acceptors (Lipinski definition) is 6. The van der Waals surface area contributed by atoms with Gasteiger partial charge in [-0.1, -0.05) is 17.3 Å². The summed E-state index contributed by atoms with van der Waals surface area (Å²) < 4.78 is 19.7. The minimum atomic E-state index is -1.13. The van der Waals surface area contributed by atoms with Crippen LogP contribution in [-0.4, -0.2) is 61.8 Å². The van der Waals surface area contributed by atoms with Gasteiger partial charge in [-0.25, -0.2) is 9.07 Å². The Bertz CT molecular complexity index is 651. The third kappa shape index (κ3) is 2.73. The van der Waals surface area contributed by atoms with Crippen LogP contribution in [0.3, 0.4) is 0 Å². The maximum Gasteiger partial charge on any atom is 0.123 e. The largest absolute Gasteiger partial charge is 0.394 e. The lowest BCUT2D eigenvalue weighted by Crippen LogP contribution is -2.51. The second-order valence-electron chi connectivity index (χ2n) is 5.20. The van der Waals surface area contributed by atoms with Gasteiger partial charge in [-0.15, -0.1) is 5.10 Å². The Morgan fingerprint density at radius 1 is 1.36 bits per heavy atom. The van der Waals surface area contributed by atoms with E-state index in [1.807, 2.05) is 0 Å². The van der Waals surface area contributed by atoms with E-state index in [1.165, 1.54) is 23.0 Å². The molecule has 0 bridgehead atoms. The van der Waals surface area contributed by atoms with Crippen molar-refractivity contribution >= 4 is 0 Å². The molecule has 1 aliphatic rings. The molecule has 1 fully saturated rings. The van der Waals surface area contributed by atoms with Crippen LogP contribution >= 0.6 is 0 Å². The van der Waals surface area contributed by atoms with Crippen molar-refractivity contribution in [3.63, 3.8) is 0 Å². The highest BCUT2D eigenvalue weighted by atomic mass is 19.1. The molecule has 0 amide bonds. The molecule has 4 atom stereocenters. The zero-order valence-electron chi connectivity index (χ0n) is 11.6. The van der Waals surface area contributed by atoms with Crippen molar-refractivity contribution in [2.24, 2.45) is 0 Å². The summed E-state index contributed by atoms with van der Waals surface area (Å²) in [6, 6.07) is 5.10. The standard InChI is InChI=1S/C14H16FN3O4/c15-9-3-1-2-8(4-9)10-5-18(17-16-10)13-11(20)7-22-12(6-19)14(13)21/h1-5,11-14,19-21H,6-7H2/t11-,12+,13+,14-/m0/s1. The van der Waals surface area contributed by atoms with E-state index in [2.05, 4.69) is 10.3 Å². The predicted molar refractivity (Wildman–Crippen MR) is 73.3 cm³/mol. The molecule has 0 unspecified atom stereocenters. The lowest BCUT2D eigenvalue weighted by Gasteiger charge is -2.36. The molecule has 0 spiro atoms. The third-order valence-electron chi connectivity index (χ3n) is 3.72. The average Bonchev–Trinajstić information content (AvgIpc) is 2.97. The maximum absolute atomic E-state index is 13.3. The number of nitrogens with zero attached hydrogens (tertiary/aromatic N) is 3. The van der Waals surface area contributed by atoms with Gasteiger partial charge in [0.1, 0.15) is 35.9 Å². The predicted octanol–water partition coefficient (Wildman–Crippen LogP) is -0.262. The lowest BCUT2D eigenvalue weighted by molar-refractivity contribution is -0.166. The van der Waals surface area contributed by atoms with Crippen LogP contribution in [-0.2, 0) is 4.74 Å². The smallest absolute Gasteiger partial charge is 0.123 e. The van der Waals surface area contributed by atoms with E-state index < -0.39 is 30.2 Å². The maximum atomic E-state index is 13.3. The van der Waals surface area contributed by atoms with Gasteiger partial charge in [-0.3, -0.25) is 0 Å². The minimum Gasteiger partial charge on any atom is -0.394 e. The molecular weight excluding hydrogens is 293 g/mol. The van der Waals surface area contributed by atoms with Gasteiger partial charge in [-0.2, -0.15) is 0 Å². The van der Waals surface area contributed by atoms with E-state index in [9.17, 15) is 19.7 Å². The van der Waals surface area contributed by atoms with Crippen LogP contribution in [0.5, 0.6) is 0 Å². The molecular formula is C14H16FN3O4. The van der Waals surface area contributed by atoms with E-state index in [4.69, 9.17) is 4.74 Å². The summed E-state index contributed by atoms with van der Waals surface area (Å²) in [5, 5.41) is 37.2. The van der Waals surface area contributed by atoms with Crippen molar-refractivity contribution < 1.29 is 24.4 Å². The van der Waals surface area contributed by atoms with Crippen molar-refractivity contribution in [1.82, 2.24) is 15.0 Å². The number of ether oxygens (including phenoxy) is 1. The number of aromatic nitrogens is 3. The van der Waals surface area contributed by atoms with Crippen molar-refractivity contribution in [2.75, 3.05) is 13.2 Å². The zero-order chi connectivity index (χ0) is 15.7. The summed E-state index contributed by atoms with van der Waals surface area (Å²) in [5.74, 6) is -0.390. The summed E-state index contributed by atoms with van der Waals surface area (Å²) in [6.45, 7) is -0.391. The number of rotatable bonds is 3. The SMILES string of the molecule is OC[C@H]1OC[C@H](O)[C@@H](n2cc(-c3cccc(F)c3)nn2)[C@H]1O. The Morgan fingerprint density at radius 2 is 2.18 bits per heavy atom. The average molecular weight is 309 g/mol. The normalized spacial score (nSPS) is 28.7. The van der Waals surface area contributed by atoms with E-state index in [-0.39, 0.29) is 13.2 Å². The van der Waals surface area contributed by atoms with Crippen LogP contribution in [0.4, 0.5) is 4.39 Å². The molecule has 0 aliphatic carbocycles. The van der Waals surface area contributed by atoms with E-state index in [0.29, 0.717) is 11.3 Å². The van der Waals surface area contributed by atoms with Crippen molar-refractivity contribution in [1.29, 1.82) is 0 Å². The summed E-state index contributed by atoms with van der Waals surface area (Å²) in [5.41, 5.74) is 0.965. The summed E-state index contributed by atoms with van der Waals surface area (Å²) >= 11 is 0. The summed E-state index contributed by atoms with van der Waals surface area (Å²) in [4.78, 5) is 0. The topological polar surface area (TPSA) is 101 Å². The van der Waals surface area contributed by atoms with Crippen LogP contribution in [0, 0.1) is 5.82 Å². The molecule has 1 aromatic carbocycles. The Hall–Kier alpha value is -1.87. The molecule has 118 valence electrons. The molecule has 3 rings (SSSR count). The lowest BCUT2D eigenvalue weighted by atomic mass is 9.97. The highest BCUT2D eigenvalue weighted by molar-refractivity contribution is 5.57. The first-order chi connectivity index (χ1) is 10.6. The Morgan fingerprint density at radius 3 is 2.91 bits per heavy atom. The minimum absolute atomic E-state index is 0.0257. The van der Waals surface area contributed by atoms with Crippen molar-refractivity contribution in [2.45, 2.75) is 24.4 Å². The number of benzene rings is 1. The molecule has 1 saturated heterocycles. The molecule has 0 saturated carbocycles. The molecule has 8 heteroatoms. The van der Waals surface area contributed by atoms with Crippen LogP contribution < -0.4 is 0 Å². The van der Waals surface area contributed by atoms with Gasteiger partial charge in [0.2, 0.25) is 0 Å².